The number of benzene rings is 1. The molecule has 0 radical (unpaired) electrons. The van der Waals surface area contributed by atoms with Gasteiger partial charge >= 0.3 is 0 Å². The quantitative estimate of drug-likeness (QED) is 0.769. The third kappa shape index (κ3) is 2.97. The molecule has 2 aromatic rings. The molecule has 1 amide bonds. The predicted molar refractivity (Wildman–Crippen MR) is 94.9 cm³/mol. The molecule has 1 heterocycles. The van der Waals surface area contributed by atoms with Crippen LogP contribution in [-0.2, 0) is 6.54 Å². The number of hydrogen-bond acceptors (Lipinski definition) is 2. The summed E-state index contributed by atoms with van der Waals surface area (Å²) in [4.78, 5) is 27.3. The van der Waals surface area contributed by atoms with Crippen molar-refractivity contribution in [3.63, 3.8) is 0 Å². The third-order valence-electron chi connectivity index (χ3n) is 3.95. The van der Waals surface area contributed by atoms with Gasteiger partial charge in [-0.2, -0.15) is 0 Å². The minimum Gasteiger partial charge on any atom is -0.331 e. The number of hydrogen-bond donors (Lipinski definition) is 0. The Bertz CT molecular complexity index is 808. The summed E-state index contributed by atoms with van der Waals surface area (Å²) in [5.74, 6) is -0.278. The van der Waals surface area contributed by atoms with E-state index in [2.05, 4.69) is 13.2 Å². The van der Waals surface area contributed by atoms with E-state index in [-0.39, 0.29) is 17.0 Å². The van der Waals surface area contributed by atoms with Crippen molar-refractivity contribution in [2.75, 3.05) is 13.1 Å². The summed E-state index contributed by atoms with van der Waals surface area (Å²) in [5.41, 5.74) is 1.56. The number of fused-ring (bicyclic) bond motifs is 1. The molecule has 1 aromatic heterocycles. The Kier molecular flexibility index (Phi) is 5.16. The predicted octanol–water partition coefficient (Wildman–Crippen LogP) is 3.14. The number of nitrogens with zero attached hydrogens (tertiary/aromatic N) is 2. The van der Waals surface area contributed by atoms with Gasteiger partial charge in [0.1, 0.15) is 5.56 Å². The Balaban J connectivity index is 2.73. The van der Waals surface area contributed by atoms with Crippen LogP contribution in [0.3, 0.4) is 0 Å². The number of carbonyl (C=O) groups is 1. The monoisotopic (exact) mass is 310 g/mol. The molecule has 0 saturated carbocycles. The number of rotatable bonds is 6. The van der Waals surface area contributed by atoms with Gasteiger partial charge in [-0.15, -0.1) is 13.2 Å². The number of aryl methyl sites for hydroxylation is 2. The smallest absolute Gasteiger partial charge is 0.264 e. The summed E-state index contributed by atoms with van der Waals surface area (Å²) in [6, 6.07) is 7.67. The summed E-state index contributed by atoms with van der Waals surface area (Å²) in [7, 11) is 0. The van der Waals surface area contributed by atoms with Crippen LogP contribution in [-0.4, -0.2) is 28.5 Å². The average Bonchev–Trinajstić information content (AvgIpc) is 2.55. The summed E-state index contributed by atoms with van der Waals surface area (Å²) in [5, 5.41) is 0.925. The molecule has 23 heavy (non-hydrogen) atoms. The molecule has 0 saturated heterocycles. The maximum Gasteiger partial charge on any atom is 0.264 e. The highest BCUT2D eigenvalue weighted by atomic mass is 16.2. The lowest BCUT2D eigenvalue weighted by molar-refractivity contribution is 0.0788. The van der Waals surface area contributed by atoms with Crippen molar-refractivity contribution in [2.24, 2.45) is 0 Å². The van der Waals surface area contributed by atoms with Crippen molar-refractivity contribution < 1.29 is 4.79 Å². The Morgan fingerprint density at radius 1 is 1.22 bits per heavy atom. The molecule has 0 aliphatic carbocycles. The minimum absolute atomic E-state index is 0.231. The molecule has 120 valence electrons. The zero-order valence-corrected chi connectivity index (χ0v) is 13.7. The van der Waals surface area contributed by atoms with E-state index < -0.39 is 0 Å². The summed E-state index contributed by atoms with van der Waals surface area (Å²) in [6.45, 7) is 12.4. The topological polar surface area (TPSA) is 42.3 Å². The van der Waals surface area contributed by atoms with Crippen LogP contribution in [0.4, 0.5) is 0 Å². The van der Waals surface area contributed by atoms with Gasteiger partial charge in [0.2, 0.25) is 0 Å². The van der Waals surface area contributed by atoms with Gasteiger partial charge in [0, 0.05) is 25.0 Å². The second-order valence-corrected chi connectivity index (χ2v) is 5.35. The summed E-state index contributed by atoms with van der Waals surface area (Å²) in [6.07, 6.45) is 3.30. The summed E-state index contributed by atoms with van der Waals surface area (Å²) < 4.78 is 1.65. The van der Waals surface area contributed by atoms with E-state index in [0.29, 0.717) is 19.6 Å². The maximum atomic E-state index is 12.9. The van der Waals surface area contributed by atoms with Gasteiger partial charge in [0.05, 0.1) is 5.52 Å². The Hall–Kier alpha value is -2.62. The van der Waals surface area contributed by atoms with Gasteiger partial charge in [-0.1, -0.05) is 30.4 Å². The first-order valence-electron chi connectivity index (χ1n) is 7.70. The molecular weight excluding hydrogens is 288 g/mol. The maximum absolute atomic E-state index is 12.9. The highest BCUT2D eigenvalue weighted by Gasteiger charge is 2.22. The lowest BCUT2D eigenvalue weighted by Gasteiger charge is -2.21. The Labute approximate surface area is 136 Å². The fourth-order valence-electron chi connectivity index (χ4n) is 2.84. The molecule has 4 heteroatoms. The second kappa shape index (κ2) is 7.09. The van der Waals surface area contributed by atoms with Crippen molar-refractivity contribution in [1.82, 2.24) is 9.47 Å². The molecule has 0 fully saturated rings. The first-order chi connectivity index (χ1) is 11.1. The van der Waals surface area contributed by atoms with Crippen molar-refractivity contribution in [3.8, 4) is 0 Å². The van der Waals surface area contributed by atoms with E-state index in [1.165, 1.54) is 0 Å². The number of para-hydroxylation sites is 1. The number of aromatic nitrogens is 1. The molecule has 0 aliphatic rings. The first kappa shape index (κ1) is 16.7. The van der Waals surface area contributed by atoms with Crippen molar-refractivity contribution in [2.45, 2.75) is 20.4 Å². The van der Waals surface area contributed by atoms with Gasteiger partial charge < -0.3 is 9.47 Å². The largest absolute Gasteiger partial charge is 0.331 e. The summed E-state index contributed by atoms with van der Waals surface area (Å²) >= 11 is 0. The molecule has 0 atom stereocenters. The molecule has 0 bridgehead atoms. The molecule has 0 spiro atoms. The molecular formula is C19H22N2O2. The first-order valence-corrected chi connectivity index (χ1v) is 7.70. The number of carbonyl (C=O) groups excluding carboxylic acids is 1. The lowest BCUT2D eigenvalue weighted by Crippen LogP contribution is -2.38. The van der Waals surface area contributed by atoms with Crippen LogP contribution >= 0.6 is 0 Å². The molecule has 4 nitrogen and oxygen atoms in total. The fourth-order valence-corrected chi connectivity index (χ4v) is 2.84. The van der Waals surface area contributed by atoms with Crippen molar-refractivity contribution in [1.29, 1.82) is 0 Å². The molecule has 0 unspecified atom stereocenters. The van der Waals surface area contributed by atoms with Crippen LogP contribution in [0.5, 0.6) is 0 Å². The van der Waals surface area contributed by atoms with Gasteiger partial charge in [-0.05, 0) is 25.5 Å². The lowest BCUT2D eigenvalue weighted by atomic mass is 10.0. The van der Waals surface area contributed by atoms with E-state index in [1.807, 2.05) is 38.1 Å². The fraction of sp³-hybridized carbons (Fsp3) is 0.263. The van der Waals surface area contributed by atoms with Crippen LogP contribution in [0.2, 0.25) is 0 Å². The second-order valence-electron chi connectivity index (χ2n) is 5.35. The zero-order valence-electron chi connectivity index (χ0n) is 13.7. The van der Waals surface area contributed by atoms with E-state index in [4.69, 9.17) is 0 Å². The van der Waals surface area contributed by atoms with E-state index in [1.54, 1.807) is 21.6 Å². The van der Waals surface area contributed by atoms with E-state index >= 15 is 0 Å². The van der Waals surface area contributed by atoms with Gasteiger partial charge in [0.25, 0.3) is 11.5 Å². The van der Waals surface area contributed by atoms with Crippen molar-refractivity contribution in [3.05, 3.63) is 71.1 Å². The SMILES string of the molecule is C=CCN(CC=C)C(=O)c1c(C)c2ccccc2n(CC)c1=O. The highest BCUT2D eigenvalue weighted by Crippen LogP contribution is 2.20. The minimum atomic E-state index is -0.278. The van der Waals surface area contributed by atoms with Crippen LogP contribution in [0.1, 0.15) is 22.8 Å². The van der Waals surface area contributed by atoms with E-state index in [9.17, 15) is 9.59 Å². The van der Waals surface area contributed by atoms with Crippen LogP contribution in [0, 0.1) is 6.92 Å². The zero-order chi connectivity index (χ0) is 17.0. The molecule has 1 aromatic carbocycles. The van der Waals surface area contributed by atoms with Gasteiger partial charge in [-0.3, -0.25) is 9.59 Å². The standard InChI is InChI=1S/C19H22N2O2/c1-5-12-20(13-6-2)18(22)17-14(4)15-10-8-9-11-16(15)21(7-3)19(17)23/h5-6,8-11H,1-2,7,12-13H2,3-4H3. The van der Waals surface area contributed by atoms with Crippen LogP contribution in [0.15, 0.2) is 54.4 Å². The van der Waals surface area contributed by atoms with Crippen LogP contribution < -0.4 is 5.56 Å². The van der Waals surface area contributed by atoms with Crippen molar-refractivity contribution >= 4 is 16.8 Å². The molecule has 0 aliphatic heterocycles. The molecule has 2 rings (SSSR count). The normalized spacial score (nSPS) is 10.5. The number of pyridine rings is 1. The third-order valence-corrected chi connectivity index (χ3v) is 3.95. The molecule has 0 N–H and O–H groups in total. The van der Waals surface area contributed by atoms with Gasteiger partial charge in [-0.25, -0.2) is 0 Å². The van der Waals surface area contributed by atoms with Crippen LogP contribution in [0.25, 0.3) is 10.9 Å². The van der Waals surface area contributed by atoms with E-state index in [0.717, 1.165) is 16.5 Å². The number of amides is 1. The average molecular weight is 310 g/mol. The Morgan fingerprint density at radius 3 is 2.39 bits per heavy atom. The Morgan fingerprint density at radius 2 is 1.83 bits per heavy atom. The highest BCUT2D eigenvalue weighted by molar-refractivity contribution is 6.00. The van der Waals surface area contributed by atoms with Gasteiger partial charge in [0.15, 0.2) is 0 Å².